The van der Waals surface area contributed by atoms with Crippen LogP contribution in [0.1, 0.15) is 5.56 Å². The van der Waals surface area contributed by atoms with E-state index in [4.69, 9.17) is 4.74 Å². The lowest BCUT2D eigenvalue weighted by molar-refractivity contribution is 0.462. The van der Waals surface area contributed by atoms with Gasteiger partial charge in [-0.2, -0.15) is 0 Å². The zero-order valence-electron chi connectivity index (χ0n) is 9.54. The van der Waals surface area contributed by atoms with Crippen LogP contribution < -0.4 is 4.74 Å². The van der Waals surface area contributed by atoms with E-state index >= 15 is 0 Å². The zero-order chi connectivity index (χ0) is 12.5. The van der Waals surface area contributed by atoms with E-state index in [1.54, 1.807) is 23.1 Å². The molecule has 0 bridgehead atoms. The van der Waals surface area contributed by atoms with Gasteiger partial charge in [-0.1, -0.05) is 6.07 Å². The number of benzene rings is 1. The molecule has 0 aliphatic carbocycles. The molecule has 3 rings (SSSR count). The van der Waals surface area contributed by atoms with Crippen LogP contribution in [-0.2, 0) is 0 Å². The van der Waals surface area contributed by atoms with Gasteiger partial charge in [-0.25, -0.2) is 4.98 Å². The fourth-order valence-electron chi connectivity index (χ4n) is 1.60. The Morgan fingerprint density at radius 1 is 1.33 bits per heavy atom. The standard InChI is InChI=1S/C12H9BrN4O/c1-8-2-3-10(9(13)6-8)18-12-11-16-15-7-17(11)5-4-14-12/h2-7H,1H3. The van der Waals surface area contributed by atoms with Crippen molar-refractivity contribution in [2.24, 2.45) is 0 Å². The molecule has 0 atom stereocenters. The van der Waals surface area contributed by atoms with Gasteiger partial charge in [-0.05, 0) is 40.5 Å². The molecule has 90 valence electrons. The minimum Gasteiger partial charge on any atom is -0.435 e. The average Bonchev–Trinajstić information content (AvgIpc) is 2.82. The summed E-state index contributed by atoms with van der Waals surface area (Å²) in [5, 5.41) is 7.79. The van der Waals surface area contributed by atoms with Crippen molar-refractivity contribution in [2.45, 2.75) is 6.92 Å². The van der Waals surface area contributed by atoms with Gasteiger partial charge in [0.25, 0.3) is 5.88 Å². The van der Waals surface area contributed by atoms with Crippen LogP contribution in [-0.4, -0.2) is 19.6 Å². The number of aromatic nitrogens is 4. The van der Waals surface area contributed by atoms with Gasteiger partial charge in [0.15, 0.2) is 0 Å². The Morgan fingerprint density at radius 3 is 3.06 bits per heavy atom. The van der Waals surface area contributed by atoms with E-state index in [0.29, 0.717) is 17.3 Å². The molecule has 1 aromatic carbocycles. The molecular weight excluding hydrogens is 296 g/mol. The highest BCUT2D eigenvalue weighted by atomic mass is 79.9. The number of hydrogen-bond donors (Lipinski definition) is 0. The van der Waals surface area contributed by atoms with Gasteiger partial charge in [0, 0.05) is 12.4 Å². The first kappa shape index (κ1) is 11.2. The SMILES string of the molecule is Cc1ccc(Oc2nccn3cnnc23)c(Br)c1. The van der Waals surface area contributed by atoms with Crippen LogP contribution in [0.4, 0.5) is 0 Å². The van der Waals surface area contributed by atoms with E-state index in [1.165, 1.54) is 0 Å². The predicted octanol–water partition coefficient (Wildman–Crippen LogP) is 2.99. The highest BCUT2D eigenvalue weighted by molar-refractivity contribution is 9.10. The maximum atomic E-state index is 5.75. The van der Waals surface area contributed by atoms with Crippen LogP contribution in [0, 0.1) is 6.92 Å². The van der Waals surface area contributed by atoms with Gasteiger partial charge in [0.1, 0.15) is 12.1 Å². The molecule has 0 aliphatic rings. The molecule has 0 unspecified atom stereocenters. The Morgan fingerprint density at radius 2 is 2.22 bits per heavy atom. The van der Waals surface area contributed by atoms with Gasteiger partial charge in [0.05, 0.1) is 4.47 Å². The first-order chi connectivity index (χ1) is 8.74. The Balaban J connectivity index is 2.03. The Hall–Kier alpha value is -1.95. The van der Waals surface area contributed by atoms with Gasteiger partial charge in [0.2, 0.25) is 5.65 Å². The topological polar surface area (TPSA) is 52.3 Å². The summed E-state index contributed by atoms with van der Waals surface area (Å²) < 4.78 is 8.39. The van der Waals surface area contributed by atoms with Crippen LogP contribution in [0.25, 0.3) is 5.65 Å². The molecular formula is C12H9BrN4O. The smallest absolute Gasteiger partial charge is 0.265 e. The summed E-state index contributed by atoms with van der Waals surface area (Å²) in [6.45, 7) is 2.02. The van der Waals surface area contributed by atoms with Crippen molar-refractivity contribution >= 4 is 21.6 Å². The minimum atomic E-state index is 0.430. The summed E-state index contributed by atoms with van der Waals surface area (Å²) in [6, 6.07) is 5.85. The second kappa shape index (κ2) is 4.38. The Labute approximate surface area is 112 Å². The monoisotopic (exact) mass is 304 g/mol. The number of aryl methyl sites for hydroxylation is 1. The molecule has 5 nitrogen and oxygen atoms in total. The first-order valence-corrected chi connectivity index (χ1v) is 6.12. The molecule has 0 amide bonds. The van der Waals surface area contributed by atoms with E-state index in [1.807, 2.05) is 25.1 Å². The van der Waals surface area contributed by atoms with Crippen LogP contribution in [0.2, 0.25) is 0 Å². The van der Waals surface area contributed by atoms with Crippen LogP contribution in [0.15, 0.2) is 41.4 Å². The van der Waals surface area contributed by atoms with Crippen LogP contribution in [0.3, 0.4) is 0 Å². The van der Waals surface area contributed by atoms with Gasteiger partial charge in [-0.15, -0.1) is 10.2 Å². The average molecular weight is 305 g/mol. The van der Waals surface area contributed by atoms with Gasteiger partial charge >= 0.3 is 0 Å². The van der Waals surface area contributed by atoms with Crippen molar-refractivity contribution in [3.05, 3.63) is 47.0 Å². The number of rotatable bonds is 2. The molecule has 0 N–H and O–H groups in total. The number of halogens is 1. The lowest BCUT2D eigenvalue weighted by Crippen LogP contribution is -1.93. The fourth-order valence-corrected chi connectivity index (χ4v) is 2.17. The fraction of sp³-hybridized carbons (Fsp3) is 0.0833. The van der Waals surface area contributed by atoms with Crippen molar-refractivity contribution in [3.8, 4) is 11.6 Å². The molecule has 18 heavy (non-hydrogen) atoms. The minimum absolute atomic E-state index is 0.430. The zero-order valence-corrected chi connectivity index (χ0v) is 11.1. The molecule has 0 saturated carbocycles. The Kier molecular flexibility index (Phi) is 2.71. The summed E-state index contributed by atoms with van der Waals surface area (Å²) in [5.74, 6) is 1.13. The summed E-state index contributed by atoms with van der Waals surface area (Å²) in [5.41, 5.74) is 1.74. The van der Waals surface area contributed by atoms with Crippen molar-refractivity contribution in [1.29, 1.82) is 0 Å². The third kappa shape index (κ3) is 1.95. The lowest BCUT2D eigenvalue weighted by atomic mass is 10.2. The first-order valence-electron chi connectivity index (χ1n) is 5.32. The number of ether oxygens (including phenoxy) is 1. The van der Waals surface area contributed by atoms with Crippen molar-refractivity contribution in [2.75, 3.05) is 0 Å². The second-order valence-electron chi connectivity index (χ2n) is 3.83. The molecule has 2 aromatic heterocycles. The summed E-state index contributed by atoms with van der Waals surface area (Å²) in [7, 11) is 0. The highest BCUT2D eigenvalue weighted by Crippen LogP contribution is 2.30. The van der Waals surface area contributed by atoms with E-state index in [2.05, 4.69) is 31.1 Å². The maximum absolute atomic E-state index is 5.75. The van der Waals surface area contributed by atoms with Crippen LogP contribution in [0.5, 0.6) is 11.6 Å². The van der Waals surface area contributed by atoms with E-state index in [-0.39, 0.29) is 0 Å². The quantitative estimate of drug-likeness (QED) is 0.730. The van der Waals surface area contributed by atoms with Gasteiger partial charge < -0.3 is 4.74 Å². The highest BCUT2D eigenvalue weighted by Gasteiger charge is 2.09. The summed E-state index contributed by atoms with van der Waals surface area (Å²) >= 11 is 3.46. The molecule has 0 fully saturated rings. The number of hydrogen-bond acceptors (Lipinski definition) is 4. The van der Waals surface area contributed by atoms with E-state index < -0.39 is 0 Å². The van der Waals surface area contributed by atoms with Crippen molar-refractivity contribution in [3.63, 3.8) is 0 Å². The molecule has 0 aliphatic heterocycles. The summed E-state index contributed by atoms with van der Waals surface area (Å²) in [6.07, 6.45) is 5.02. The molecule has 3 aromatic rings. The van der Waals surface area contributed by atoms with Crippen molar-refractivity contribution in [1.82, 2.24) is 19.6 Å². The van der Waals surface area contributed by atoms with Crippen molar-refractivity contribution < 1.29 is 4.74 Å². The van der Waals surface area contributed by atoms with E-state index in [0.717, 1.165) is 10.0 Å². The largest absolute Gasteiger partial charge is 0.435 e. The molecule has 0 saturated heterocycles. The van der Waals surface area contributed by atoms with E-state index in [9.17, 15) is 0 Å². The normalized spacial score (nSPS) is 10.8. The maximum Gasteiger partial charge on any atom is 0.265 e. The molecule has 6 heteroatoms. The molecule has 0 spiro atoms. The van der Waals surface area contributed by atoms with Gasteiger partial charge in [-0.3, -0.25) is 4.40 Å². The van der Waals surface area contributed by atoms with Crippen LogP contribution >= 0.6 is 15.9 Å². The number of fused-ring (bicyclic) bond motifs is 1. The predicted molar refractivity (Wildman–Crippen MR) is 69.7 cm³/mol. The number of nitrogens with zero attached hydrogens (tertiary/aromatic N) is 4. The summed E-state index contributed by atoms with van der Waals surface area (Å²) in [4.78, 5) is 4.17. The lowest BCUT2D eigenvalue weighted by Gasteiger charge is -2.07. The second-order valence-corrected chi connectivity index (χ2v) is 4.68. The Bertz CT molecular complexity index is 710. The molecule has 2 heterocycles. The molecule has 0 radical (unpaired) electrons. The third-order valence-electron chi connectivity index (χ3n) is 2.48. The third-order valence-corrected chi connectivity index (χ3v) is 3.10.